The summed E-state index contributed by atoms with van der Waals surface area (Å²) in [6.45, 7) is 1.08. The maximum absolute atomic E-state index is 10.9. The number of nitrogens with one attached hydrogen (secondary N) is 1. The van der Waals surface area contributed by atoms with E-state index in [1.165, 1.54) is 11.1 Å². The first-order chi connectivity index (χ1) is 14.7. The smallest absolute Gasteiger partial charge is 0.212 e. The fourth-order valence-corrected chi connectivity index (χ4v) is 4.06. The summed E-state index contributed by atoms with van der Waals surface area (Å²) in [4.78, 5) is 4.23. The minimum absolute atomic E-state index is 0.0782. The monoisotopic (exact) mass is 404 g/mol. The molecule has 3 aromatic rings. The van der Waals surface area contributed by atoms with Crippen molar-refractivity contribution >= 4 is 0 Å². The minimum Gasteiger partial charge on any atom is -0.481 e. The quantitative estimate of drug-likeness (QED) is 0.631. The zero-order valence-electron chi connectivity index (χ0n) is 17.1. The summed E-state index contributed by atoms with van der Waals surface area (Å²) in [5.41, 5.74) is 3.45. The molecule has 1 fully saturated rings. The van der Waals surface area contributed by atoms with Gasteiger partial charge in [-0.15, -0.1) is 0 Å². The molecule has 0 aliphatic carbocycles. The molecule has 0 radical (unpaired) electrons. The van der Waals surface area contributed by atoms with E-state index in [9.17, 15) is 5.11 Å². The minimum atomic E-state index is -0.482. The van der Waals surface area contributed by atoms with Gasteiger partial charge in [0.25, 0.3) is 0 Å². The molecule has 3 atom stereocenters. The standard InChI is InChI=1S/C25H28N2O3/c1-29-24-13-12-18(16-27-24)15-26-21-17-30-23(14-22(21)28)25(19-8-4-2-5-9-19)20-10-6-3-7-11-20/h2-13,16,21-23,25-26,28H,14-15,17H2,1H3/t21-,22-,23+/m1/s1. The number of pyridine rings is 1. The SMILES string of the molecule is COc1ccc(CN[C@@H]2CO[C@H](C(c3ccccc3)c3ccccc3)C[C@H]2O)cn1. The number of ether oxygens (including phenoxy) is 2. The van der Waals surface area contributed by atoms with Gasteiger partial charge in [0.1, 0.15) is 0 Å². The molecule has 2 N–H and O–H groups in total. The second-order valence-corrected chi connectivity index (χ2v) is 7.67. The molecule has 2 heterocycles. The Morgan fingerprint density at radius 2 is 1.70 bits per heavy atom. The molecule has 1 aromatic heterocycles. The van der Waals surface area contributed by atoms with Crippen molar-refractivity contribution in [2.24, 2.45) is 0 Å². The summed E-state index contributed by atoms with van der Waals surface area (Å²) in [7, 11) is 1.60. The zero-order valence-corrected chi connectivity index (χ0v) is 17.1. The summed E-state index contributed by atoms with van der Waals surface area (Å²) >= 11 is 0. The van der Waals surface area contributed by atoms with Crippen molar-refractivity contribution in [3.8, 4) is 5.88 Å². The Labute approximate surface area is 177 Å². The molecule has 30 heavy (non-hydrogen) atoms. The number of nitrogens with zero attached hydrogens (tertiary/aromatic N) is 1. The lowest BCUT2D eigenvalue weighted by Gasteiger charge is -2.38. The summed E-state index contributed by atoms with van der Waals surface area (Å²) in [5.74, 6) is 0.685. The number of aliphatic hydroxyl groups excluding tert-OH is 1. The van der Waals surface area contributed by atoms with E-state index in [0.29, 0.717) is 25.5 Å². The van der Waals surface area contributed by atoms with Gasteiger partial charge in [0.05, 0.1) is 32.0 Å². The van der Waals surface area contributed by atoms with Gasteiger partial charge in [-0.1, -0.05) is 66.7 Å². The van der Waals surface area contributed by atoms with Crippen LogP contribution in [0.1, 0.15) is 29.0 Å². The Kier molecular flexibility index (Phi) is 6.74. The first kappa shape index (κ1) is 20.5. The molecule has 156 valence electrons. The molecule has 0 bridgehead atoms. The highest BCUT2D eigenvalue weighted by Gasteiger charge is 2.35. The molecule has 5 heteroatoms. The molecular weight excluding hydrogens is 376 g/mol. The third-order valence-electron chi connectivity index (χ3n) is 5.69. The molecule has 0 saturated carbocycles. The maximum Gasteiger partial charge on any atom is 0.212 e. The van der Waals surface area contributed by atoms with Crippen LogP contribution in [-0.2, 0) is 11.3 Å². The highest BCUT2D eigenvalue weighted by atomic mass is 16.5. The van der Waals surface area contributed by atoms with Crippen molar-refractivity contribution in [1.29, 1.82) is 0 Å². The van der Waals surface area contributed by atoms with Crippen LogP contribution in [0.3, 0.4) is 0 Å². The average Bonchev–Trinajstić information content (AvgIpc) is 2.80. The average molecular weight is 405 g/mol. The topological polar surface area (TPSA) is 63.6 Å². The number of aromatic nitrogens is 1. The number of hydrogen-bond acceptors (Lipinski definition) is 5. The van der Waals surface area contributed by atoms with Gasteiger partial charge in [0, 0.05) is 31.1 Å². The second-order valence-electron chi connectivity index (χ2n) is 7.67. The lowest BCUT2D eigenvalue weighted by Crippen LogP contribution is -2.50. The van der Waals surface area contributed by atoms with E-state index in [0.717, 1.165) is 5.56 Å². The molecule has 0 spiro atoms. The molecule has 1 saturated heterocycles. The first-order valence-electron chi connectivity index (χ1n) is 10.4. The van der Waals surface area contributed by atoms with E-state index in [1.54, 1.807) is 13.3 Å². The van der Waals surface area contributed by atoms with Gasteiger partial charge < -0.3 is 19.9 Å². The van der Waals surface area contributed by atoms with Crippen LogP contribution >= 0.6 is 0 Å². The normalized spacial score (nSPS) is 21.5. The zero-order chi connectivity index (χ0) is 20.8. The molecule has 4 rings (SSSR count). The van der Waals surface area contributed by atoms with E-state index in [1.807, 2.05) is 24.3 Å². The van der Waals surface area contributed by atoms with Crippen LogP contribution in [0.4, 0.5) is 0 Å². The first-order valence-corrected chi connectivity index (χ1v) is 10.4. The van der Waals surface area contributed by atoms with Crippen molar-refractivity contribution in [1.82, 2.24) is 10.3 Å². The highest BCUT2D eigenvalue weighted by molar-refractivity contribution is 5.34. The van der Waals surface area contributed by atoms with Crippen molar-refractivity contribution in [2.75, 3.05) is 13.7 Å². The van der Waals surface area contributed by atoms with E-state index >= 15 is 0 Å². The van der Waals surface area contributed by atoms with E-state index in [2.05, 4.69) is 58.8 Å². The Morgan fingerprint density at radius 3 is 2.23 bits per heavy atom. The van der Waals surface area contributed by atoms with Crippen LogP contribution in [0.2, 0.25) is 0 Å². The third kappa shape index (κ3) is 4.87. The van der Waals surface area contributed by atoms with Gasteiger partial charge in [-0.3, -0.25) is 0 Å². The second kappa shape index (κ2) is 9.85. The van der Waals surface area contributed by atoms with E-state index < -0.39 is 6.10 Å². The van der Waals surface area contributed by atoms with Crippen LogP contribution in [0.15, 0.2) is 79.0 Å². The lowest BCUT2D eigenvalue weighted by molar-refractivity contribution is -0.0718. The molecule has 0 unspecified atom stereocenters. The third-order valence-corrected chi connectivity index (χ3v) is 5.69. The van der Waals surface area contributed by atoms with Crippen LogP contribution in [-0.4, -0.2) is 42.1 Å². The van der Waals surface area contributed by atoms with Crippen molar-refractivity contribution in [3.05, 3.63) is 95.7 Å². The van der Waals surface area contributed by atoms with Crippen molar-refractivity contribution in [3.63, 3.8) is 0 Å². The summed E-state index contributed by atoms with van der Waals surface area (Å²) in [6, 6.07) is 24.5. The van der Waals surface area contributed by atoms with Gasteiger partial charge in [0.15, 0.2) is 0 Å². The largest absolute Gasteiger partial charge is 0.481 e. The highest BCUT2D eigenvalue weighted by Crippen LogP contribution is 2.34. The predicted octanol–water partition coefficient (Wildman–Crippen LogP) is 3.53. The van der Waals surface area contributed by atoms with Crippen LogP contribution in [0.5, 0.6) is 5.88 Å². The van der Waals surface area contributed by atoms with Gasteiger partial charge in [0.2, 0.25) is 5.88 Å². The molecule has 0 amide bonds. The van der Waals surface area contributed by atoms with Crippen molar-refractivity contribution in [2.45, 2.75) is 37.1 Å². The lowest BCUT2D eigenvalue weighted by atomic mass is 9.82. The number of rotatable bonds is 7. The van der Waals surface area contributed by atoms with Gasteiger partial charge >= 0.3 is 0 Å². The number of aliphatic hydroxyl groups is 1. The van der Waals surface area contributed by atoms with Gasteiger partial charge in [-0.2, -0.15) is 0 Å². The Hall–Kier alpha value is -2.73. The molecule has 1 aliphatic rings. The number of methoxy groups -OCH3 is 1. The Bertz CT molecular complexity index is 863. The van der Waals surface area contributed by atoms with Crippen molar-refractivity contribution < 1.29 is 14.6 Å². The molecule has 2 aromatic carbocycles. The van der Waals surface area contributed by atoms with Crippen LogP contribution in [0.25, 0.3) is 0 Å². The molecule has 1 aliphatic heterocycles. The van der Waals surface area contributed by atoms with Crippen LogP contribution in [0, 0.1) is 0 Å². The van der Waals surface area contributed by atoms with Crippen LogP contribution < -0.4 is 10.1 Å². The Balaban J connectivity index is 1.42. The number of hydrogen-bond donors (Lipinski definition) is 2. The number of benzene rings is 2. The fraction of sp³-hybridized carbons (Fsp3) is 0.320. The van der Waals surface area contributed by atoms with E-state index in [4.69, 9.17) is 9.47 Å². The predicted molar refractivity (Wildman–Crippen MR) is 117 cm³/mol. The summed E-state index contributed by atoms with van der Waals surface area (Å²) in [5, 5.41) is 14.3. The summed E-state index contributed by atoms with van der Waals surface area (Å²) < 4.78 is 11.4. The Morgan fingerprint density at radius 1 is 1.03 bits per heavy atom. The van der Waals surface area contributed by atoms with Gasteiger partial charge in [-0.05, 0) is 16.7 Å². The fourth-order valence-electron chi connectivity index (χ4n) is 4.06. The van der Waals surface area contributed by atoms with Gasteiger partial charge in [-0.25, -0.2) is 4.98 Å². The maximum atomic E-state index is 10.9. The summed E-state index contributed by atoms with van der Waals surface area (Å²) in [6.07, 6.45) is 1.80. The molecular formula is C25H28N2O3. The van der Waals surface area contributed by atoms with E-state index in [-0.39, 0.29) is 18.1 Å². The molecule has 5 nitrogen and oxygen atoms in total.